The summed E-state index contributed by atoms with van der Waals surface area (Å²) < 4.78 is 13.1. The summed E-state index contributed by atoms with van der Waals surface area (Å²) in [5, 5.41) is 0. The van der Waals surface area contributed by atoms with E-state index >= 15 is 0 Å². The molecule has 34 heavy (non-hydrogen) atoms. The van der Waals surface area contributed by atoms with Crippen LogP contribution in [0, 0.1) is 31.6 Å². The molecule has 1 aliphatic heterocycles. The summed E-state index contributed by atoms with van der Waals surface area (Å²) in [7, 11) is -1.62. The zero-order valence-corrected chi connectivity index (χ0v) is 25.4. The van der Waals surface area contributed by atoms with Gasteiger partial charge in [-0.05, 0) is 107 Å². The van der Waals surface area contributed by atoms with Gasteiger partial charge in [0, 0.05) is 0 Å². The van der Waals surface area contributed by atoms with E-state index in [0.29, 0.717) is 0 Å². The van der Waals surface area contributed by atoms with Gasteiger partial charge in [-0.1, -0.05) is 72.6 Å². The lowest BCUT2D eigenvalue weighted by atomic mass is 9.85. The van der Waals surface area contributed by atoms with Crippen molar-refractivity contribution < 1.29 is 9.16 Å². The molecule has 2 rings (SSSR count). The van der Waals surface area contributed by atoms with Crippen LogP contribution in [-0.4, -0.2) is 13.9 Å². The van der Waals surface area contributed by atoms with Crippen LogP contribution in [0.2, 0.25) is 19.6 Å². The minimum Gasteiger partial charge on any atom is -0.544 e. The molecule has 0 N–H and O–H groups in total. The Balaban J connectivity index is 1.79. The van der Waals surface area contributed by atoms with Crippen LogP contribution in [0.15, 0.2) is 6.07 Å². The Morgan fingerprint density at radius 1 is 0.882 bits per heavy atom. The molecule has 0 amide bonds. The fraction of sp³-hybridized carbons (Fsp3) is 0.806. The van der Waals surface area contributed by atoms with Crippen molar-refractivity contribution in [1.82, 2.24) is 0 Å². The molecule has 0 saturated carbocycles. The van der Waals surface area contributed by atoms with E-state index in [0.717, 1.165) is 48.5 Å². The molecule has 0 saturated heterocycles. The maximum absolute atomic E-state index is 6.72. The Morgan fingerprint density at radius 2 is 1.44 bits per heavy atom. The van der Waals surface area contributed by atoms with Gasteiger partial charge in [0.1, 0.15) is 17.1 Å². The zero-order chi connectivity index (χ0) is 25.5. The molecule has 0 aromatic heterocycles. The van der Waals surface area contributed by atoms with Gasteiger partial charge in [-0.2, -0.15) is 0 Å². The van der Waals surface area contributed by atoms with Crippen molar-refractivity contribution in [3.8, 4) is 11.5 Å². The van der Waals surface area contributed by atoms with Crippen LogP contribution in [0.4, 0.5) is 0 Å². The lowest BCUT2D eigenvalue weighted by Gasteiger charge is -2.38. The molecule has 3 heteroatoms. The van der Waals surface area contributed by atoms with Crippen LogP contribution in [-0.2, 0) is 6.42 Å². The van der Waals surface area contributed by atoms with Gasteiger partial charge in [0.2, 0.25) is 8.32 Å². The molecule has 196 valence electrons. The third-order valence-electron chi connectivity index (χ3n) is 7.83. The van der Waals surface area contributed by atoms with E-state index in [1.807, 2.05) is 0 Å². The van der Waals surface area contributed by atoms with Crippen molar-refractivity contribution in [1.29, 1.82) is 0 Å². The molecule has 0 radical (unpaired) electrons. The van der Waals surface area contributed by atoms with Gasteiger partial charge < -0.3 is 9.16 Å². The number of hydrogen-bond donors (Lipinski definition) is 0. The lowest BCUT2D eigenvalue weighted by molar-refractivity contribution is 0.0514. The first kappa shape index (κ1) is 29.3. The van der Waals surface area contributed by atoms with Crippen LogP contribution >= 0.6 is 0 Å². The zero-order valence-electron chi connectivity index (χ0n) is 24.4. The fourth-order valence-corrected chi connectivity index (χ4v) is 6.24. The molecular weight excluding hydrogens is 432 g/mol. The standard InChI is InChI=1S/C31H56O2Si/c1-23(2)14-11-15-24(3)16-12-17-25(4)18-13-20-31(7)21-19-28-22-29(33-34(8,9)10)26(5)27(6)30(28)32-31/h22-25H,11-21H2,1-10H3. The smallest absolute Gasteiger partial charge is 0.242 e. The van der Waals surface area contributed by atoms with E-state index in [4.69, 9.17) is 9.16 Å². The minimum absolute atomic E-state index is 0.0317. The average Bonchev–Trinajstić information content (AvgIpc) is 2.71. The van der Waals surface area contributed by atoms with Crippen molar-refractivity contribution in [2.75, 3.05) is 0 Å². The number of ether oxygens (including phenoxy) is 1. The summed E-state index contributed by atoms with van der Waals surface area (Å²) >= 11 is 0. The summed E-state index contributed by atoms with van der Waals surface area (Å²) in [6.45, 7) is 23.1. The number of benzene rings is 1. The van der Waals surface area contributed by atoms with E-state index in [2.05, 4.69) is 74.2 Å². The topological polar surface area (TPSA) is 18.5 Å². The van der Waals surface area contributed by atoms with E-state index in [-0.39, 0.29) is 5.60 Å². The Morgan fingerprint density at radius 3 is 2.00 bits per heavy atom. The van der Waals surface area contributed by atoms with Crippen molar-refractivity contribution in [3.63, 3.8) is 0 Å². The van der Waals surface area contributed by atoms with E-state index in [1.54, 1.807) is 0 Å². The molecular formula is C31H56O2Si. The molecule has 2 nitrogen and oxygen atoms in total. The van der Waals surface area contributed by atoms with Gasteiger partial charge >= 0.3 is 0 Å². The Hall–Kier alpha value is -0.963. The maximum atomic E-state index is 6.72. The SMILES string of the molecule is Cc1c(O[Si](C)(C)C)cc2c(c1C)OC(C)(CCCC(C)CCCC(C)CCCC(C)C)CC2. The van der Waals surface area contributed by atoms with E-state index in [1.165, 1.54) is 68.1 Å². The minimum atomic E-state index is -1.62. The summed E-state index contributed by atoms with van der Waals surface area (Å²) in [6, 6.07) is 2.27. The molecule has 0 bridgehead atoms. The van der Waals surface area contributed by atoms with Gasteiger partial charge in [-0.25, -0.2) is 0 Å². The molecule has 0 spiro atoms. The average molecular weight is 489 g/mol. The van der Waals surface area contributed by atoms with Crippen LogP contribution < -0.4 is 9.16 Å². The monoisotopic (exact) mass is 488 g/mol. The summed E-state index contributed by atoms with van der Waals surface area (Å²) in [6.07, 6.45) is 14.3. The highest BCUT2D eigenvalue weighted by Crippen LogP contribution is 2.42. The molecule has 1 heterocycles. The predicted molar refractivity (Wildman–Crippen MR) is 152 cm³/mol. The first-order chi connectivity index (χ1) is 15.8. The lowest BCUT2D eigenvalue weighted by Crippen LogP contribution is -2.37. The van der Waals surface area contributed by atoms with Crippen LogP contribution in [0.5, 0.6) is 11.5 Å². The number of rotatable bonds is 14. The Labute approximate surface area is 213 Å². The van der Waals surface area contributed by atoms with E-state index in [9.17, 15) is 0 Å². The van der Waals surface area contributed by atoms with Crippen molar-refractivity contribution in [2.45, 2.75) is 144 Å². The van der Waals surface area contributed by atoms with Crippen LogP contribution in [0.25, 0.3) is 0 Å². The Kier molecular flexibility index (Phi) is 11.0. The summed E-state index contributed by atoms with van der Waals surface area (Å²) in [4.78, 5) is 0. The summed E-state index contributed by atoms with van der Waals surface area (Å²) in [5.41, 5.74) is 3.82. The highest BCUT2D eigenvalue weighted by atomic mass is 28.4. The van der Waals surface area contributed by atoms with E-state index < -0.39 is 8.32 Å². The second-order valence-corrected chi connectivity index (χ2v) is 17.7. The van der Waals surface area contributed by atoms with Crippen molar-refractivity contribution >= 4 is 8.32 Å². The van der Waals surface area contributed by atoms with Crippen molar-refractivity contribution in [2.24, 2.45) is 17.8 Å². The third kappa shape index (κ3) is 9.59. The molecule has 3 unspecified atom stereocenters. The van der Waals surface area contributed by atoms with Crippen molar-refractivity contribution in [3.05, 3.63) is 22.8 Å². The molecule has 1 aromatic rings. The van der Waals surface area contributed by atoms with Gasteiger partial charge in [0.15, 0.2) is 0 Å². The van der Waals surface area contributed by atoms with Crippen LogP contribution in [0.3, 0.4) is 0 Å². The molecule has 1 aliphatic rings. The van der Waals surface area contributed by atoms with Gasteiger partial charge in [-0.3, -0.25) is 0 Å². The normalized spacial score (nSPS) is 20.1. The van der Waals surface area contributed by atoms with Gasteiger partial charge in [0.25, 0.3) is 0 Å². The van der Waals surface area contributed by atoms with Gasteiger partial charge in [0.05, 0.1) is 0 Å². The predicted octanol–water partition coefficient (Wildman–Crippen LogP) is 10.0. The molecule has 0 aliphatic carbocycles. The highest BCUT2D eigenvalue weighted by molar-refractivity contribution is 6.70. The largest absolute Gasteiger partial charge is 0.544 e. The number of hydrogen-bond acceptors (Lipinski definition) is 2. The van der Waals surface area contributed by atoms with Crippen LogP contribution in [0.1, 0.15) is 116 Å². The number of aryl methyl sites for hydroxylation is 1. The summed E-state index contributed by atoms with van der Waals surface area (Å²) in [5.74, 6) is 4.78. The molecule has 1 aromatic carbocycles. The third-order valence-corrected chi connectivity index (χ3v) is 8.66. The second-order valence-electron chi connectivity index (χ2n) is 13.2. The Bertz CT molecular complexity index is 764. The molecule has 3 atom stereocenters. The maximum Gasteiger partial charge on any atom is 0.242 e. The number of fused-ring (bicyclic) bond motifs is 1. The fourth-order valence-electron chi connectivity index (χ4n) is 5.37. The van der Waals surface area contributed by atoms with Gasteiger partial charge in [-0.15, -0.1) is 0 Å². The first-order valence-corrected chi connectivity index (χ1v) is 17.7. The second kappa shape index (κ2) is 12.8. The first-order valence-electron chi connectivity index (χ1n) is 14.3. The quantitative estimate of drug-likeness (QED) is 0.242. The molecule has 0 fully saturated rings. The highest BCUT2D eigenvalue weighted by Gasteiger charge is 2.33.